The third-order valence-electron chi connectivity index (χ3n) is 5.94. The molecule has 3 heterocycles. The number of alkyl halides is 6. The van der Waals surface area contributed by atoms with E-state index in [9.17, 15) is 36.2 Å². The predicted molar refractivity (Wildman–Crippen MR) is 96.5 cm³/mol. The van der Waals surface area contributed by atoms with E-state index in [1.165, 1.54) is 6.07 Å². The smallest absolute Gasteiger partial charge is 0.384 e. The fourth-order valence-corrected chi connectivity index (χ4v) is 4.44. The minimum absolute atomic E-state index is 0.0142. The molecule has 1 aromatic heterocycles. The second kappa shape index (κ2) is 7.57. The van der Waals surface area contributed by atoms with Gasteiger partial charge in [0.25, 0.3) is 0 Å². The second-order valence-corrected chi connectivity index (χ2v) is 7.86. The summed E-state index contributed by atoms with van der Waals surface area (Å²) in [6, 6.07) is 2.05. The number of nitrogens with zero attached hydrogens (tertiary/aromatic N) is 4. The SMILES string of the molecule is O=C1CC2=C(C(C3CCN(c4ccc(C(F)(F)F)nn4)CC3)=NC2)[C@@H](C(F)(F)F)[C@@H]1O. The first kappa shape index (κ1) is 21.7. The van der Waals surface area contributed by atoms with E-state index in [0.717, 1.165) is 6.07 Å². The van der Waals surface area contributed by atoms with Gasteiger partial charge in [0, 0.05) is 31.1 Å². The highest BCUT2D eigenvalue weighted by atomic mass is 19.4. The first-order chi connectivity index (χ1) is 14.5. The molecule has 12 heteroatoms. The summed E-state index contributed by atoms with van der Waals surface area (Å²) in [5.74, 6) is -3.18. The highest BCUT2D eigenvalue weighted by Crippen LogP contribution is 2.45. The number of ketones is 1. The number of hydrogen-bond donors (Lipinski definition) is 1. The van der Waals surface area contributed by atoms with Crippen molar-refractivity contribution in [1.29, 1.82) is 0 Å². The van der Waals surface area contributed by atoms with E-state index in [-0.39, 0.29) is 36.0 Å². The molecule has 168 valence electrons. The molecule has 1 aromatic rings. The lowest BCUT2D eigenvalue weighted by Gasteiger charge is -2.36. The molecule has 2 atom stereocenters. The van der Waals surface area contributed by atoms with Crippen LogP contribution in [0.4, 0.5) is 32.2 Å². The van der Waals surface area contributed by atoms with Gasteiger partial charge in [0.05, 0.1) is 6.54 Å². The van der Waals surface area contributed by atoms with Crippen molar-refractivity contribution in [2.75, 3.05) is 24.5 Å². The van der Waals surface area contributed by atoms with Crippen molar-refractivity contribution in [3.05, 3.63) is 29.0 Å². The molecule has 1 saturated heterocycles. The summed E-state index contributed by atoms with van der Waals surface area (Å²) in [4.78, 5) is 17.8. The lowest BCUT2D eigenvalue weighted by atomic mass is 9.74. The second-order valence-electron chi connectivity index (χ2n) is 7.86. The Morgan fingerprint density at radius 2 is 1.71 bits per heavy atom. The van der Waals surface area contributed by atoms with Crippen LogP contribution in [0.15, 0.2) is 28.3 Å². The first-order valence-electron chi connectivity index (χ1n) is 9.67. The lowest BCUT2D eigenvalue weighted by molar-refractivity contribution is -0.190. The summed E-state index contributed by atoms with van der Waals surface area (Å²) < 4.78 is 78.8. The van der Waals surface area contributed by atoms with Crippen LogP contribution in [0, 0.1) is 11.8 Å². The number of piperidine rings is 1. The highest BCUT2D eigenvalue weighted by molar-refractivity contribution is 6.08. The summed E-state index contributed by atoms with van der Waals surface area (Å²) in [6.07, 6.45) is -10.9. The van der Waals surface area contributed by atoms with Gasteiger partial charge in [-0.1, -0.05) is 0 Å². The van der Waals surface area contributed by atoms with E-state index in [4.69, 9.17) is 0 Å². The topological polar surface area (TPSA) is 78.7 Å². The zero-order chi connectivity index (χ0) is 22.6. The fourth-order valence-electron chi connectivity index (χ4n) is 4.44. The van der Waals surface area contributed by atoms with Crippen LogP contribution in [-0.4, -0.2) is 58.7 Å². The zero-order valence-electron chi connectivity index (χ0n) is 16.0. The summed E-state index contributed by atoms with van der Waals surface area (Å²) in [5.41, 5.74) is -0.576. The Bertz CT molecular complexity index is 930. The van der Waals surface area contributed by atoms with Crippen LogP contribution < -0.4 is 4.90 Å². The Hall–Kier alpha value is -2.50. The maximum atomic E-state index is 13.6. The molecule has 1 N–H and O–H groups in total. The number of rotatable bonds is 2. The third-order valence-corrected chi connectivity index (χ3v) is 5.94. The standard InChI is InChI=1S/C19H18F6N4O2/c20-18(21,22)12-1-2-13(28-27-12)29-5-3-9(4-6-29)16-14-10(8-26-16)7-11(30)17(31)15(14)19(23,24)25/h1-2,9,15,17,31H,3-8H2/t15-,17-/m1/s1. The van der Waals surface area contributed by atoms with E-state index in [1.54, 1.807) is 4.90 Å². The molecule has 0 bridgehead atoms. The van der Waals surface area contributed by atoms with E-state index < -0.39 is 35.9 Å². The molecule has 2 aliphatic heterocycles. The molecule has 3 aliphatic rings. The van der Waals surface area contributed by atoms with Crippen molar-refractivity contribution in [2.45, 2.75) is 37.7 Å². The van der Waals surface area contributed by atoms with Gasteiger partial charge in [-0.05, 0) is 36.1 Å². The number of carbonyl (C=O) groups is 1. The highest BCUT2D eigenvalue weighted by Gasteiger charge is 2.54. The quantitative estimate of drug-likeness (QED) is 0.704. The van der Waals surface area contributed by atoms with Crippen LogP contribution in [0.5, 0.6) is 0 Å². The summed E-state index contributed by atoms with van der Waals surface area (Å²) in [6.45, 7) is 0.718. The van der Waals surface area contributed by atoms with Gasteiger partial charge < -0.3 is 10.0 Å². The van der Waals surface area contributed by atoms with Gasteiger partial charge in [0.1, 0.15) is 12.0 Å². The Balaban J connectivity index is 1.48. The van der Waals surface area contributed by atoms with Crippen LogP contribution in [0.1, 0.15) is 25.0 Å². The molecule has 0 radical (unpaired) electrons. The molecule has 0 spiro atoms. The van der Waals surface area contributed by atoms with Gasteiger partial charge in [-0.2, -0.15) is 26.3 Å². The number of aliphatic imine (C=N–C) groups is 1. The molecule has 6 nitrogen and oxygen atoms in total. The average Bonchev–Trinajstić information content (AvgIpc) is 3.10. The van der Waals surface area contributed by atoms with E-state index >= 15 is 0 Å². The Kier molecular flexibility index (Phi) is 5.31. The van der Waals surface area contributed by atoms with Crippen molar-refractivity contribution in [3.63, 3.8) is 0 Å². The minimum Gasteiger partial charge on any atom is -0.384 e. The first-order valence-corrected chi connectivity index (χ1v) is 9.67. The van der Waals surface area contributed by atoms with E-state index in [2.05, 4.69) is 15.2 Å². The van der Waals surface area contributed by atoms with Crippen molar-refractivity contribution in [2.24, 2.45) is 16.8 Å². The van der Waals surface area contributed by atoms with Gasteiger partial charge in [-0.25, -0.2) is 0 Å². The van der Waals surface area contributed by atoms with Crippen molar-refractivity contribution in [3.8, 4) is 0 Å². The fraction of sp³-hybridized carbons (Fsp3) is 0.579. The number of carbonyl (C=O) groups excluding carboxylic acids is 1. The van der Waals surface area contributed by atoms with Crippen LogP contribution in [-0.2, 0) is 11.0 Å². The summed E-state index contributed by atoms with van der Waals surface area (Å²) in [5, 5.41) is 16.8. The number of anilines is 1. The Morgan fingerprint density at radius 3 is 2.26 bits per heavy atom. The molecule has 4 rings (SSSR count). The Labute approximate surface area is 172 Å². The maximum Gasteiger partial charge on any atom is 0.435 e. The minimum atomic E-state index is -4.78. The van der Waals surface area contributed by atoms with Crippen LogP contribution in [0.25, 0.3) is 0 Å². The molecule has 0 aromatic carbocycles. The van der Waals surface area contributed by atoms with Gasteiger partial charge in [-0.15, -0.1) is 10.2 Å². The molecule has 1 aliphatic carbocycles. The normalized spacial score (nSPS) is 25.7. The number of halogens is 6. The molecule has 31 heavy (non-hydrogen) atoms. The van der Waals surface area contributed by atoms with Crippen LogP contribution in [0.3, 0.4) is 0 Å². The monoisotopic (exact) mass is 448 g/mol. The van der Waals surface area contributed by atoms with Crippen LogP contribution in [0.2, 0.25) is 0 Å². The van der Waals surface area contributed by atoms with E-state index in [1.807, 2.05) is 0 Å². The summed E-state index contributed by atoms with van der Waals surface area (Å²) in [7, 11) is 0. The van der Waals surface area contributed by atoms with Crippen molar-refractivity contribution < 1.29 is 36.2 Å². The molecular formula is C19H18F6N4O2. The zero-order valence-corrected chi connectivity index (χ0v) is 16.0. The van der Waals surface area contributed by atoms with Crippen LogP contribution >= 0.6 is 0 Å². The summed E-state index contributed by atoms with van der Waals surface area (Å²) >= 11 is 0. The number of aliphatic hydroxyl groups is 1. The number of hydrogen-bond acceptors (Lipinski definition) is 6. The average molecular weight is 448 g/mol. The van der Waals surface area contributed by atoms with Crippen molar-refractivity contribution in [1.82, 2.24) is 10.2 Å². The molecule has 0 saturated carbocycles. The lowest BCUT2D eigenvalue weighted by Crippen LogP contribution is -2.46. The van der Waals surface area contributed by atoms with Gasteiger partial charge in [0.15, 0.2) is 17.3 Å². The van der Waals surface area contributed by atoms with Gasteiger partial charge in [-0.3, -0.25) is 9.79 Å². The molecule has 0 amide bonds. The van der Waals surface area contributed by atoms with E-state index in [0.29, 0.717) is 31.5 Å². The molecule has 1 fully saturated rings. The Morgan fingerprint density at radius 1 is 1.03 bits per heavy atom. The van der Waals surface area contributed by atoms with Crippen molar-refractivity contribution >= 4 is 17.3 Å². The number of aromatic nitrogens is 2. The maximum absolute atomic E-state index is 13.6. The number of Topliss-reactive ketones (excluding diaryl/α,β-unsaturated/α-hetero) is 1. The van der Waals surface area contributed by atoms with Gasteiger partial charge >= 0.3 is 12.4 Å². The third kappa shape index (κ3) is 4.04. The predicted octanol–water partition coefficient (Wildman–Crippen LogP) is 2.98. The molecular weight excluding hydrogens is 430 g/mol. The number of aliphatic hydroxyl groups excluding tert-OH is 1. The van der Waals surface area contributed by atoms with Gasteiger partial charge in [0.2, 0.25) is 0 Å². The molecule has 0 unspecified atom stereocenters. The largest absolute Gasteiger partial charge is 0.435 e.